The Morgan fingerprint density at radius 3 is 1.92 bits per heavy atom. The summed E-state index contributed by atoms with van der Waals surface area (Å²) in [5, 5.41) is 3.05. The van der Waals surface area contributed by atoms with Crippen molar-refractivity contribution in [1.29, 1.82) is 0 Å². The van der Waals surface area contributed by atoms with Gasteiger partial charge in [-0.3, -0.25) is 14.4 Å². The highest BCUT2D eigenvalue weighted by atomic mass is 16.5. The third-order valence-corrected chi connectivity index (χ3v) is 6.61. The van der Waals surface area contributed by atoms with E-state index in [1.807, 2.05) is 91.0 Å². The lowest BCUT2D eigenvalue weighted by Crippen LogP contribution is -2.50. The van der Waals surface area contributed by atoms with Gasteiger partial charge in [0.25, 0.3) is 0 Å². The van der Waals surface area contributed by atoms with Gasteiger partial charge in [0.2, 0.25) is 11.8 Å². The summed E-state index contributed by atoms with van der Waals surface area (Å²) in [5.74, 6) is -0.861. The molecule has 0 heterocycles. The van der Waals surface area contributed by atoms with Crippen LogP contribution in [0.1, 0.15) is 62.6 Å². The quantitative estimate of drug-likeness (QED) is 0.266. The molecule has 0 aliphatic heterocycles. The van der Waals surface area contributed by atoms with E-state index in [0.717, 1.165) is 16.7 Å². The average Bonchev–Trinajstić information content (AvgIpc) is 2.94. The molecule has 0 spiro atoms. The van der Waals surface area contributed by atoms with Gasteiger partial charge >= 0.3 is 5.97 Å². The molecule has 0 aliphatic rings. The van der Waals surface area contributed by atoms with E-state index in [4.69, 9.17) is 4.74 Å². The molecule has 1 N–H and O–H groups in total. The molecule has 0 fully saturated rings. The van der Waals surface area contributed by atoms with Crippen molar-refractivity contribution in [2.75, 3.05) is 6.61 Å². The second-order valence-electron chi connectivity index (χ2n) is 10.2. The predicted octanol–water partition coefficient (Wildman–Crippen LogP) is 5.87. The third kappa shape index (κ3) is 9.71. The minimum absolute atomic E-state index is 0.0935. The molecule has 3 aromatic carbocycles. The van der Waals surface area contributed by atoms with Crippen LogP contribution in [0.2, 0.25) is 0 Å². The highest BCUT2D eigenvalue weighted by Crippen LogP contribution is 2.27. The molecule has 0 unspecified atom stereocenters. The molecule has 6 heteroatoms. The number of carbonyl (C=O) groups excluding carboxylic acids is 3. The monoisotopic (exact) mass is 528 g/mol. The van der Waals surface area contributed by atoms with E-state index in [1.165, 1.54) is 0 Å². The van der Waals surface area contributed by atoms with E-state index < -0.39 is 6.04 Å². The average molecular weight is 529 g/mol. The lowest BCUT2D eigenvalue weighted by atomic mass is 9.91. The highest BCUT2D eigenvalue weighted by molar-refractivity contribution is 5.88. The fourth-order valence-corrected chi connectivity index (χ4v) is 4.66. The summed E-state index contributed by atoms with van der Waals surface area (Å²) in [7, 11) is 0. The van der Waals surface area contributed by atoms with Gasteiger partial charge in [-0.25, -0.2) is 0 Å². The van der Waals surface area contributed by atoms with Gasteiger partial charge in [0, 0.05) is 25.4 Å². The molecule has 2 atom stereocenters. The van der Waals surface area contributed by atoms with E-state index in [-0.39, 0.29) is 49.1 Å². The van der Waals surface area contributed by atoms with Crippen molar-refractivity contribution in [3.8, 4) is 0 Å². The maximum absolute atomic E-state index is 14.1. The Labute approximate surface area is 232 Å². The molecule has 0 saturated heterocycles. The zero-order valence-corrected chi connectivity index (χ0v) is 23.2. The molecule has 0 bridgehead atoms. The van der Waals surface area contributed by atoms with Crippen molar-refractivity contribution in [1.82, 2.24) is 10.2 Å². The number of nitrogens with zero attached hydrogens (tertiary/aromatic N) is 1. The van der Waals surface area contributed by atoms with Crippen molar-refractivity contribution in [3.05, 3.63) is 108 Å². The van der Waals surface area contributed by atoms with Crippen LogP contribution < -0.4 is 5.32 Å². The minimum atomic E-state index is -0.652. The number of rotatable bonds is 14. The molecule has 3 aromatic rings. The second-order valence-corrected chi connectivity index (χ2v) is 10.2. The number of nitrogens with one attached hydrogen (secondary N) is 1. The van der Waals surface area contributed by atoms with E-state index in [9.17, 15) is 14.4 Å². The first-order valence-electron chi connectivity index (χ1n) is 13.7. The number of hydrogen-bond acceptors (Lipinski definition) is 4. The van der Waals surface area contributed by atoms with Gasteiger partial charge in [-0.1, -0.05) is 105 Å². The fraction of sp³-hybridized carbons (Fsp3) is 0.364. The summed E-state index contributed by atoms with van der Waals surface area (Å²) in [6.45, 7) is 6.85. The summed E-state index contributed by atoms with van der Waals surface area (Å²) < 4.78 is 5.22. The number of ether oxygens (including phenoxy) is 1. The van der Waals surface area contributed by atoms with E-state index in [2.05, 4.69) is 19.2 Å². The zero-order valence-electron chi connectivity index (χ0n) is 23.2. The highest BCUT2D eigenvalue weighted by Gasteiger charge is 2.32. The van der Waals surface area contributed by atoms with Crippen LogP contribution in [0, 0.1) is 5.92 Å². The first-order chi connectivity index (χ1) is 18.9. The van der Waals surface area contributed by atoms with E-state index in [0.29, 0.717) is 19.5 Å². The largest absolute Gasteiger partial charge is 0.466 e. The van der Waals surface area contributed by atoms with Crippen molar-refractivity contribution >= 4 is 17.8 Å². The summed E-state index contributed by atoms with van der Waals surface area (Å²) in [5.41, 5.74) is 2.83. The van der Waals surface area contributed by atoms with Crippen LogP contribution >= 0.6 is 0 Å². The van der Waals surface area contributed by atoms with Crippen molar-refractivity contribution in [3.63, 3.8) is 0 Å². The molecule has 39 heavy (non-hydrogen) atoms. The lowest BCUT2D eigenvalue weighted by molar-refractivity contribution is -0.145. The number of esters is 1. The van der Waals surface area contributed by atoms with Crippen LogP contribution in [0.3, 0.4) is 0 Å². The maximum atomic E-state index is 14.1. The molecule has 0 aromatic heterocycles. The number of hydrogen-bond donors (Lipinski definition) is 1. The van der Waals surface area contributed by atoms with Gasteiger partial charge in [0.05, 0.1) is 13.0 Å². The normalized spacial score (nSPS) is 12.4. The van der Waals surface area contributed by atoms with Crippen LogP contribution in [0.25, 0.3) is 0 Å². The van der Waals surface area contributed by atoms with Gasteiger partial charge in [-0.2, -0.15) is 0 Å². The first-order valence-corrected chi connectivity index (χ1v) is 13.7. The minimum Gasteiger partial charge on any atom is -0.466 e. The van der Waals surface area contributed by atoms with Gasteiger partial charge < -0.3 is 15.0 Å². The molecule has 0 aliphatic carbocycles. The molecule has 206 valence electrons. The van der Waals surface area contributed by atoms with Gasteiger partial charge in [0.1, 0.15) is 6.04 Å². The van der Waals surface area contributed by atoms with E-state index in [1.54, 1.807) is 11.8 Å². The summed E-state index contributed by atoms with van der Waals surface area (Å²) in [6.07, 6.45) is 0.709. The lowest BCUT2D eigenvalue weighted by Gasteiger charge is -2.33. The van der Waals surface area contributed by atoms with Crippen molar-refractivity contribution in [2.45, 2.75) is 65.1 Å². The summed E-state index contributed by atoms with van der Waals surface area (Å²) >= 11 is 0. The molecule has 0 saturated carbocycles. The van der Waals surface area contributed by atoms with Crippen LogP contribution in [0.4, 0.5) is 0 Å². The van der Waals surface area contributed by atoms with Crippen LogP contribution in [0.5, 0.6) is 0 Å². The van der Waals surface area contributed by atoms with E-state index >= 15 is 0 Å². The Hall–Kier alpha value is -3.93. The Morgan fingerprint density at radius 2 is 1.36 bits per heavy atom. The number of benzene rings is 3. The Morgan fingerprint density at radius 1 is 0.795 bits per heavy atom. The molecule has 6 nitrogen and oxygen atoms in total. The molecule has 3 rings (SSSR count). The third-order valence-electron chi connectivity index (χ3n) is 6.61. The number of amides is 2. The molecule has 2 amide bonds. The maximum Gasteiger partial charge on any atom is 0.306 e. The molecular weight excluding hydrogens is 488 g/mol. The second kappa shape index (κ2) is 15.5. The molecular formula is C33H40N2O4. The fourth-order valence-electron chi connectivity index (χ4n) is 4.66. The zero-order chi connectivity index (χ0) is 28.0. The summed E-state index contributed by atoms with van der Waals surface area (Å²) in [4.78, 5) is 41.9. The Balaban J connectivity index is 1.90. The van der Waals surface area contributed by atoms with Gasteiger partial charge in [-0.05, 0) is 36.0 Å². The van der Waals surface area contributed by atoms with Gasteiger partial charge in [0.15, 0.2) is 0 Å². The van der Waals surface area contributed by atoms with Crippen LogP contribution in [-0.4, -0.2) is 35.3 Å². The first kappa shape index (κ1) is 29.6. The van der Waals surface area contributed by atoms with Crippen LogP contribution in [0.15, 0.2) is 91.0 Å². The summed E-state index contributed by atoms with van der Waals surface area (Å²) in [6, 6.07) is 28.4. The predicted molar refractivity (Wildman–Crippen MR) is 154 cm³/mol. The standard InChI is InChI=1S/C33H40N2O4/c1-4-39-32(37)22-29(28-18-12-7-13-19-28)21-31(36)35(24-27-16-10-6-11-17-27)30(20-25(2)3)33(38)34-23-26-14-8-5-9-15-26/h5-19,25,29-30H,4,20-24H2,1-3H3,(H,34,38)/t29-,30+/m0/s1. The topological polar surface area (TPSA) is 75.7 Å². The van der Waals surface area contributed by atoms with Gasteiger partial charge in [-0.15, -0.1) is 0 Å². The SMILES string of the molecule is CCOC(=O)C[C@H](CC(=O)N(Cc1ccccc1)[C@H](CC(C)C)C(=O)NCc1ccccc1)c1ccccc1. The Kier molecular flexibility index (Phi) is 11.8. The van der Waals surface area contributed by atoms with Crippen molar-refractivity contribution < 1.29 is 19.1 Å². The van der Waals surface area contributed by atoms with Crippen molar-refractivity contribution in [2.24, 2.45) is 5.92 Å². The smallest absolute Gasteiger partial charge is 0.306 e. The van der Waals surface area contributed by atoms with Crippen LogP contribution in [-0.2, 0) is 32.2 Å². The Bertz CT molecular complexity index is 1170. The molecule has 0 radical (unpaired) electrons. The number of carbonyl (C=O) groups is 3.